The zero-order valence-corrected chi connectivity index (χ0v) is 11.1. The smallest absolute Gasteiger partial charge is 0.0934 e. The second-order valence-electron chi connectivity index (χ2n) is 4.30. The van der Waals surface area contributed by atoms with Crippen molar-refractivity contribution in [2.75, 3.05) is 5.32 Å². The van der Waals surface area contributed by atoms with Gasteiger partial charge in [-0.05, 0) is 43.5 Å². The molecule has 0 fully saturated rings. The first-order chi connectivity index (χ1) is 8.24. The minimum Gasteiger partial charge on any atom is -0.377 e. The second kappa shape index (κ2) is 4.31. The molecule has 2 nitrogen and oxygen atoms in total. The molecule has 3 rings (SSSR count). The lowest BCUT2D eigenvalue weighted by molar-refractivity contribution is 0.760. The van der Waals surface area contributed by atoms with Crippen LogP contribution in [0.5, 0.6) is 0 Å². The first kappa shape index (κ1) is 11.1. The highest BCUT2D eigenvalue weighted by Gasteiger charge is 2.25. The van der Waals surface area contributed by atoms with Crippen molar-refractivity contribution in [1.82, 2.24) is 4.98 Å². The van der Waals surface area contributed by atoms with Gasteiger partial charge in [0.05, 0.1) is 21.8 Å². The molecule has 2 aromatic rings. The summed E-state index contributed by atoms with van der Waals surface area (Å²) in [7, 11) is 0. The van der Waals surface area contributed by atoms with Gasteiger partial charge in [-0.2, -0.15) is 0 Å². The number of rotatable bonds is 2. The molecule has 0 aromatic carbocycles. The van der Waals surface area contributed by atoms with Crippen LogP contribution in [0.3, 0.4) is 0 Å². The third-order valence-corrected chi connectivity index (χ3v) is 4.52. The molecule has 0 radical (unpaired) electrons. The topological polar surface area (TPSA) is 24.9 Å². The van der Waals surface area contributed by atoms with Crippen LogP contribution in [0.4, 0.5) is 5.69 Å². The Balaban J connectivity index is 1.86. The van der Waals surface area contributed by atoms with E-state index in [9.17, 15) is 0 Å². The molecular formula is C13H13ClN2S. The van der Waals surface area contributed by atoms with Crippen molar-refractivity contribution in [3.63, 3.8) is 0 Å². The van der Waals surface area contributed by atoms with Gasteiger partial charge in [-0.15, -0.1) is 11.3 Å². The molecule has 0 amide bonds. The van der Waals surface area contributed by atoms with E-state index in [-0.39, 0.29) is 0 Å². The minimum absolute atomic E-state index is 0.386. The number of pyridine rings is 1. The van der Waals surface area contributed by atoms with Crippen LogP contribution in [0.15, 0.2) is 24.4 Å². The fourth-order valence-corrected chi connectivity index (χ4v) is 3.66. The second-order valence-corrected chi connectivity index (χ2v) is 6.07. The van der Waals surface area contributed by atoms with Crippen molar-refractivity contribution in [3.8, 4) is 0 Å². The molecule has 1 atom stereocenters. The van der Waals surface area contributed by atoms with Crippen LogP contribution in [-0.4, -0.2) is 4.98 Å². The minimum atomic E-state index is 0.386. The number of hydrogen-bond donors (Lipinski definition) is 1. The average Bonchev–Trinajstić information content (AvgIpc) is 2.82. The summed E-state index contributed by atoms with van der Waals surface area (Å²) in [6.45, 7) is 2.03. The normalized spacial score (nSPS) is 18.1. The van der Waals surface area contributed by atoms with Gasteiger partial charge >= 0.3 is 0 Å². The van der Waals surface area contributed by atoms with E-state index in [0.717, 1.165) is 28.6 Å². The Morgan fingerprint density at radius 1 is 1.53 bits per heavy atom. The maximum Gasteiger partial charge on any atom is 0.0934 e. The van der Waals surface area contributed by atoms with Gasteiger partial charge < -0.3 is 5.32 Å². The predicted molar refractivity (Wildman–Crippen MR) is 73.0 cm³/mol. The number of thiophene rings is 1. The largest absolute Gasteiger partial charge is 0.377 e. The molecule has 0 aliphatic heterocycles. The summed E-state index contributed by atoms with van der Waals surface area (Å²) in [5.41, 5.74) is 3.53. The molecule has 4 heteroatoms. The average molecular weight is 265 g/mol. The molecule has 1 aliphatic carbocycles. The number of nitrogens with zero attached hydrogens (tertiary/aromatic N) is 1. The Morgan fingerprint density at radius 3 is 3.24 bits per heavy atom. The molecule has 2 heterocycles. The van der Waals surface area contributed by atoms with E-state index in [1.54, 1.807) is 11.3 Å². The van der Waals surface area contributed by atoms with E-state index in [2.05, 4.69) is 22.4 Å². The lowest BCUT2D eigenvalue weighted by Gasteiger charge is -2.15. The Bertz CT molecular complexity index is 550. The van der Waals surface area contributed by atoms with Gasteiger partial charge in [-0.3, -0.25) is 4.98 Å². The van der Waals surface area contributed by atoms with Crippen molar-refractivity contribution in [2.45, 2.75) is 25.8 Å². The molecule has 1 N–H and O–H groups in total. The number of fused-ring (bicyclic) bond motifs is 1. The third kappa shape index (κ3) is 2.05. The summed E-state index contributed by atoms with van der Waals surface area (Å²) in [6, 6.07) is 6.52. The lowest BCUT2D eigenvalue weighted by Crippen LogP contribution is -2.08. The van der Waals surface area contributed by atoms with E-state index in [0.29, 0.717) is 6.04 Å². The molecule has 1 unspecified atom stereocenters. The Labute approximate surface area is 110 Å². The lowest BCUT2D eigenvalue weighted by atomic mass is 10.1. The quantitative estimate of drug-likeness (QED) is 0.879. The first-order valence-electron chi connectivity index (χ1n) is 5.70. The molecule has 1 aliphatic rings. The Hall–Kier alpha value is -1.06. The SMILES string of the molecule is Cc1ncccc1NC1CCc2sc(Cl)cc21. The van der Waals surface area contributed by atoms with Crippen LogP contribution in [-0.2, 0) is 6.42 Å². The molecule has 0 saturated heterocycles. The van der Waals surface area contributed by atoms with Crippen molar-refractivity contribution in [3.05, 3.63) is 44.9 Å². The molecule has 0 saturated carbocycles. The van der Waals surface area contributed by atoms with Gasteiger partial charge in [0.1, 0.15) is 0 Å². The standard InChI is InChI=1S/C13H13ClN2S/c1-8-10(3-2-6-15-8)16-11-4-5-12-9(11)7-13(14)17-12/h2-3,6-7,11,16H,4-5H2,1H3. The molecule has 0 bridgehead atoms. The summed E-state index contributed by atoms with van der Waals surface area (Å²) >= 11 is 7.76. The summed E-state index contributed by atoms with van der Waals surface area (Å²) in [4.78, 5) is 5.72. The maximum absolute atomic E-state index is 6.06. The Kier molecular flexibility index (Phi) is 2.81. The third-order valence-electron chi connectivity index (χ3n) is 3.18. The van der Waals surface area contributed by atoms with Crippen LogP contribution in [0.2, 0.25) is 4.34 Å². The van der Waals surface area contributed by atoms with Crippen LogP contribution in [0, 0.1) is 6.92 Å². The summed E-state index contributed by atoms with van der Waals surface area (Å²) in [6.07, 6.45) is 4.10. The van der Waals surface area contributed by atoms with Crippen LogP contribution in [0.1, 0.15) is 28.6 Å². The van der Waals surface area contributed by atoms with Gasteiger partial charge in [0.25, 0.3) is 0 Å². The van der Waals surface area contributed by atoms with E-state index < -0.39 is 0 Å². The van der Waals surface area contributed by atoms with E-state index >= 15 is 0 Å². The van der Waals surface area contributed by atoms with Crippen molar-refractivity contribution >= 4 is 28.6 Å². The number of halogens is 1. The van der Waals surface area contributed by atoms with Crippen LogP contribution < -0.4 is 5.32 Å². The van der Waals surface area contributed by atoms with Gasteiger partial charge in [0.15, 0.2) is 0 Å². The summed E-state index contributed by atoms with van der Waals surface area (Å²) in [5.74, 6) is 0. The zero-order chi connectivity index (χ0) is 11.8. The molecule has 0 spiro atoms. The molecule has 88 valence electrons. The summed E-state index contributed by atoms with van der Waals surface area (Å²) < 4.78 is 0.893. The number of aromatic nitrogens is 1. The van der Waals surface area contributed by atoms with E-state index in [1.807, 2.05) is 19.2 Å². The van der Waals surface area contributed by atoms with Crippen LogP contribution in [0.25, 0.3) is 0 Å². The number of anilines is 1. The highest BCUT2D eigenvalue weighted by molar-refractivity contribution is 7.16. The van der Waals surface area contributed by atoms with Crippen molar-refractivity contribution < 1.29 is 0 Å². The van der Waals surface area contributed by atoms with E-state index in [4.69, 9.17) is 11.6 Å². The molecule has 2 aromatic heterocycles. The maximum atomic E-state index is 6.06. The van der Waals surface area contributed by atoms with Crippen molar-refractivity contribution in [2.24, 2.45) is 0 Å². The van der Waals surface area contributed by atoms with Gasteiger partial charge in [0, 0.05) is 11.1 Å². The predicted octanol–water partition coefficient (Wildman–Crippen LogP) is 4.20. The highest BCUT2D eigenvalue weighted by atomic mass is 35.5. The Morgan fingerprint density at radius 2 is 2.41 bits per heavy atom. The van der Waals surface area contributed by atoms with E-state index in [1.165, 1.54) is 10.4 Å². The highest BCUT2D eigenvalue weighted by Crippen LogP contribution is 2.41. The van der Waals surface area contributed by atoms with Crippen molar-refractivity contribution in [1.29, 1.82) is 0 Å². The number of aryl methyl sites for hydroxylation is 2. The molecule has 17 heavy (non-hydrogen) atoms. The number of nitrogens with one attached hydrogen (secondary N) is 1. The summed E-state index contributed by atoms with van der Waals surface area (Å²) in [5, 5.41) is 3.56. The van der Waals surface area contributed by atoms with Gasteiger partial charge in [-0.1, -0.05) is 11.6 Å². The fourth-order valence-electron chi connectivity index (χ4n) is 2.30. The van der Waals surface area contributed by atoms with Gasteiger partial charge in [-0.25, -0.2) is 0 Å². The van der Waals surface area contributed by atoms with Crippen LogP contribution >= 0.6 is 22.9 Å². The first-order valence-corrected chi connectivity index (χ1v) is 6.90. The monoisotopic (exact) mass is 264 g/mol. The number of hydrogen-bond acceptors (Lipinski definition) is 3. The zero-order valence-electron chi connectivity index (χ0n) is 9.53. The molecular weight excluding hydrogens is 252 g/mol. The fraction of sp³-hybridized carbons (Fsp3) is 0.308. The van der Waals surface area contributed by atoms with Gasteiger partial charge in [0.2, 0.25) is 0 Å².